The number of rotatable bonds is 8. The minimum atomic E-state index is -0.747. The van der Waals surface area contributed by atoms with Gasteiger partial charge in [-0.05, 0) is 19.3 Å². The SMILES string of the molecule is Cn1ccnc1CCn1cc(CCCCC(=O)O)nn1. The molecule has 7 nitrogen and oxygen atoms in total. The first-order chi connectivity index (χ1) is 9.65. The van der Waals surface area contributed by atoms with E-state index in [0.717, 1.165) is 37.3 Å². The van der Waals surface area contributed by atoms with Crippen molar-refractivity contribution in [2.45, 2.75) is 38.6 Å². The molecule has 1 N–H and O–H groups in total. The summed E-state index contributed by atoms with van der Waals surface area (Å²) < 4.78 is 3.80. The van der Waals surface area contributed by atoms with E-state index in [2.05, 4.69) is 15.3 Å². The fourth-order valence-corrected chi connectivity index (χ4v) is 2.00. The molecule has 0 saturated heterocycles. The summed E-state index contributed by atoms with van der Waals surface area (Å²) in [7, 11) is 1.97. The van der Waals surface area contributed by atoms with Gasteiger partial charge in [-0.3, -0.25) is 9.48 Å². The van der Waals surface area contributed by atoms with Crippen LogP contribution in [-0.4, -0.2) is 35.6 Å². The average molecular weight is 277 g/mol. The number of unbranched alkanes of at least 4 members (excludes halogenated alkanes) is 1. The van der Waals surface area contributed by atoms with E-state index in [1.54, 1.807) is 10.9 Å². The van der Waals surface area contributed by atoms with Crippen molar-refractivity contribution in [3.05, 3.63) is 30.1 Å². The third-order valence-corrected chi connectivity index (χ3v) is 3.15. The summed E-state index contributed by atoms with van der Waals surface area (Å²) in [4.78, 5) is 14.7. The zero-order valence-corrected chi connectivity index (χ0v) is 11.6. The molecule has 0 saturated carbocycles. The molecule has 2 aromatic rings. The number of hydrogen-bond acceptors (Lipinski definition) is 4. The first kappa shape index (κ1) is 14.2. The van der Waals surface area contributed by atoms with Crippen LogP contribution in [-0.2, 0) is 31.2 Å². The molecule has 2 rings (SSSR count). The summed E-state index contributed by atoms with van der Waals surface area (Å²) in [6, 6.07) is 0. The predicted octanol–water partition coefficient (Wildman–Crippen LogP) is 1.05. The number of nitrogens with zero attached hydrogens (tertiary/aromatic N) is 5. The number of carboxylic acid groups (broad SMARTS) is 1. The number of aliphatic carboxylic acids is 1. The molecule has 108 valence electrons. The summed E-state index contributed by atoms with van der Waals surface area (Å²) in [5.41, 5.74) is 0.912. The van der Waals surface area contributed by atoms with Gasteiger partial charge in [0.05, 0.1) is 5.69 Å². The molecule has 0 aliphatic carbocycles. The van der Waals surface area contributed by atoms with E-state index in [9.17, 15) is 4.79 Å². The number of carboxylic acids is 1. The van der Waals surface area contributed by atoms with Gasteiger partial charge in [-0.2, -0.15) is 0 Å². The molecule has 7 heteroatoms. The molecule has 0 spiro atoms. The van der Waals surface area contributed by atoms with Gasteiger partial charge >= 0.3 is 5.97 Å². The molecule has 0 aliphatic rings. The van der Waals surface area contributed by atoms with Crippen LogP contribution in [0.1, 0.15) is 30.8 Å². The highest BCUT2D eigenvalue weighted by Crippen LogP contribution is 2.04. The molecule has 2 heterocycles. The van der Waals surface area contributed by atoms with Crippen molar-refractivity contribution in [2.75, 3.05) is 0 Å². The summed E-state index contributed by atoms with van der Waals surface area (Å²) in [5, 5.41) is 16.7. The zero-order chi connectivity index (χ0) is 14.4. The van der Waals surface area contributed by atoms with Crippen molar-refractivity contribution in [3.63, 3.8) is 0 Å². The maximum Gasteiger partial charge on any atom is 0.303 e. The summed E-state index contributed by atoms with van der Waals surface area (Å²) in [6.07, 6.45) is 8.92. The molecule has 0 aromatic carbocycles. The summed E-state index contributed by atoms with van der Waals surface area (Å²) in [6.45, 7) is 0.743. The molecule has 0 aliphatic heterocycles. The third kappa shape index (κ3) is 4.18. The highest BCUT2D eigenvalue weighted by Gasteiger charge is 2.04. The minimum Gasteiger partial charge on any atom is -0.481 e. The fraction of sp³-hybridized carbons (Fsp3) is 0.538. The number of carbonyl (C=O) groups is 1. The van der Waals surface area contributed by atoms with Crippen LogP contribution < -0.4 is 0 Å². The zero-order valence-electron chi connectivity index (χ0n) is 11.6. The van der Waals surface area contributed by atoms with Crippen LogP contribution in [0, 0.1) is 0 Å². The predicted molar refractivity (Wildman–Crippen MR) is 72.1 cm³/mol. The van der Waals surface area contributed by atoms with Crippen LogP contribution in [0.5, 0.6) is 0 Å². The molecule has 20 heavy (non-hydrogen) atoms. The molecule has 2 aromatic heterocycles. The Morgan fingerprint density at radius 3 is 2.90 bits per heavy atom. The summed E-state index contributed by atoms with van der Waals surface area (Å²) in [5.74, 6) is 0.271. The Bertz CT molecular complexity index is 561. The van der Waals surface area contributed by atoms with Gasteiger partial charge in [0.15, 0.2) is 0 Å². The van der Waals surface area contributed by atoms with E-state index in [0.29, 0.717) is 6.42 Å². The van der Waals surface area contributed by atoms with Crippen molar-refractivity contribution in [1.29, 1.82) is 0 Å². The number of aryl methyl sites for hydroxylation is 4. The Balaban J connectivity index is 1.74. The Labute approximate surface area is 117 Å². The van der Waals surface area contributed by atoms with Crippen molar-refractivity contribution in [1.82, 2.24) is 24.5 Å². The molecule has 0 amide bonds. The van der Waals surface area contributed by atoms with Crippen LogP contribution in [0.15, 0.2) is 18.6 Å². The Hall–Kier alpha value is -2.18. The van der Waals surface area contributed by atoms with E-state index < -0.39 is 5.97 Å². The number of aromatic nitrogens is 5. The molecule has 0 unspecified atom stereocenters. The van der Waals surface area contributed by atoms with Crippen LogP contribution in [0.3, 0.4) is 0 Å². The van der Waals surface area contributed by atoms with E-state index >= 15 is 0 Å². The van der Waals surface area contributed by atoms with Gasteiger partial charge in [0.25, 0.3) is 0 Å². The lowest BCUT2D eigenvalue weighted by atomic mass is 10.1. The van der Waals surface area contributed by atoms with Gasteiger partial charge in [0, 0.05) is 45.0 Å². The van der Waals surface area contributed by atoms with Gasteiger partial charge in [-0.15, -0.1) is 5.10 Å². The largest absolute Gasteiger partial charge is 0.481 e. The topological polar surface area (TPSA) is 85.8 Å². The maximum atomic E-state index is 10.4. The molecule has 0 atom stereocenters. The van der Waals surface area contributed by atoms with Crippen LogP contribution >= 0.6 is 0 Å². The second-order valence-corrected chi connectivity index (χ2v) is 4.78. The Morgan fingerprint density at radius 1 is 1.35 bits per heavy atom. The van der Waals surface area contributed by atoms with Crippen LogP contribution in [0.4, 0.5) is 0 Å². The van der Waals surface area contributed by atoms with Crippen molar-refractivity contribution in [3.8, 4) is 0 Å². The van der Waals surface area contributed by atoms with Gasteiger partial charge in [-0.25, -0.2) is 4.98 Å². The number of imidazole rings is 1. The van der Waals surface area contributed by atoms with Crippen molar-refractivity contribution < 1.29 is 9.90 Å². The first-order valence-electron chi connectivity index (χ1n) is 6.72. The van der Waals surface area contributed by atoms with Crippen LogP contribution in [0.2, 0.25) is 0 Å². The van der Waals surface area contributed by atoms with Crippen molar-refractivity contribution >= 4 is 5.97 Å². The minimum absolute atomic E-state index is 0.216. The molecule has 0 bridgehead atoms. The Morgan fingerprint density at radius 2 is 2.20 bits per heavy atom. The van der Waals surface area contributed by atoms with E-state index in [-0.39, 0.29) is 6.42 Å². The molecule has 0 fully saturated rings. The van der Waals surface area contributed by atoms with Gasteiger partial charge in [-0.1, -0.05) is 5.21 Å². The second-order valence-electron chi connectivity index (χ2n) is 4.78. The molecular formula is C13H19N5O2. The maximum absolute atomic E-state index is 10.4. The Kier molecular flexibility index (Phi) is 4.86. The van der Waals surface area contributed by atoms with Gasteiger partial charge in [0.1, 0.15) is 5.82 Å². The van der Waals surface area contributed by atoms with Gasteiger partial charge in [0.2, 0.25) is 0 Å². The van der Waals surface area contributed by atoms with Crippen molar-refractivity contribution in [2.24, 2.45) is 7.05 Å². The fourth-order valence-electron chi connectivity index (χ4n) is 2.00. The lowest BCUT2D eigenvalue weighted by molar-refractivity contribution is -0.137. The van der Waals surface area contributed by atoms with Gasteiger partial charge < -0.3 is 9.67 Å². The quantitative estimate of drug-likeness (QED) is 0.729. The highest BCUT2D eigenvalue weighted by molar-refractivity contribution is 5.66. The smallest absolute Gasteiger partial charge is 0.303 e. The number of hydrogen-bond donors (Lipinski definition) is 1. The summed E-state index contributed by atoms with van der Waals surface area (Å²) >= 11 is 0. The normalized spacial score (nSPS) is 10.8. The van der Waals surface area contributed by atoms with E-state index in [4.69, 9.17) is 5.11 Å². The monoisotopic (exact) mass is 277 g/mol. The third-order valence-electron chi connectivity index (χ3n) is 3.15. The lowest BCUT2D eigenvalue weighted by Crippen LogP contribution is -2.06. The lowest BCUT2D eigenvalue weighted by Gasteiger charge is -2.01. The molecule has 0 radical (unpaired) electrons. The second kappa shape index (κ2) is 6.83. The first-order valence-corrected chi connectivity index (χ1v) is 6.72. The highest BCUT2D eigenvalue weighted by atomic mass is 16.4. The standard InChI is InChI=1S/C13H19N5O2/c1-17-9-7-14-12(17)6-8-18-10-11(15-16-18)4-2-3-5-13(19)20/h7,9-10H,2-6,8H2,1H3,(H,19,20). The van der Waals surface area contributed by atoms with Crippen LogP contribution in [0.25, 0.3) is 0 Å². The van der Waals surface area contributed by atoms with E-state index in [1.165, 1.54) is 0 Å². The average Bonchev–Trinajstić information content (AvgIpc) is 3.01. The molecular weight excluding hydrogens is 258 g/mol. The van der Waals surface area contributed by atoms with E-state index in [1.807, 2.05) is 24.0 Å².